The number of carboxylic acids is 2. The van der Waals surface area contributed by atoms with E-state index < -0.39 is 273 Å². The topological polar surface area (TPSA) is 636 Å². The molecule has 5 heterocycles. The first-order chi connectivity index (χ1) is 64.6. The van der Waals surface area contributed by atoms with Crippen molar-refractivity contribution in [3.05, 3.63) is 113 Å². The first-order valence-electron chi connectivity index (χ1n) is 45.2. The van der Waals surface area contributed by atoms with Crippen molar-refractivity contribution in [2.24, 2.45) is 34.0 Å². The van der Waals surface area contributed by atoms with Gasteiger partial charge in [0.15, 0.2) is 5.78 Å². The SMILES string of the molecule is CCCC[C@H]1C(=O)N(C)[C@@H](CCCC)C(=O)N[C@@H](CC(C)C)C(=O)N[C@H](C(=O)NCC(N)=O)CSCC(=O)N[C@@H](Cc2ccc(O)cc2)C(=O)N(C)[C@@H](C)C(=O)N[C@@H](CC(N)=O)C(=O)N(CC(=O)O)CC(=O)N[C@@H](CC2=CCC=N2)C(=O)N[C@@H](CCC(=O)O)C(=O)N2C[C@H](O)C[C@H]2C(=O)C[C@@H](Cc2c[nH]c3ccccc23)C(=O)N[C@@H](CCN)C(=O)N[C@@H](Cc2csc3ccccc23)C(=O)N1C. The Morgan fingerprint density at radius 3 is 1.85 bits per heavy atom. The standard InChI is InChI=1S/C92H125N19O23S2/c1-9-11-22-70-87(129)103-64(34-50(3)4)85(127)106-69(83(125)98-43-76(95)116)48-135-49-78(118)100-66(35-52-25-27-57(112)28-26-52)88(130)107(6)51(5)81(123)104-68(41-75(94)115)90(132)110(46-80(121)122)45-77(117)99-65(39-56-18-17-33-96-56)86(128)102-63(29-30-79(119)120)91(133)111-44-58(113)40-72(111)73(114)38-53(36-54-42-97-61-21-15-13-19-59(54)61)82(124)101-62(31-32-93)84(126)105-67(37-55-47-136-74-24-16-14-20-60(55)74)89(131)109(8)71(23-12-10-2)92(134)108(70)7/h13-16,18-21,24-28,33,42,47,50-51,53,58,62-72,97,112-113H,9-12,17,22-23,29-32,34-41,43-46,48-49,93H2,1-8H3,(H2,94,115)(H2,95,116)(H,98,125)(H,99,117)(H,100,118)(H,101,124)(H,102,128)(H,103,129)(H,104,123)(H,105,126)(H,106,127)(H,119,120)(H,121,122)/t51-,53+,58+,62-,63-,64-,65-,66-,67-,68-,69-,70-,71-,72-/m0/s1. The minimum Gasteiger partial charge on any atom is -0.508 e. The van der Waals surface area contributed by atoms with Crippen molar-refractivity contribution >= 4 is 163 Å². The summed E-state index contributed by atoms with van der Waals surface area (Å²) in [6.07, 6.45) is -0.0906. The summed E-state index contributed by atoms with van der Waals surface area (Å²) in [5.74, 6) is -23.3. The van der Waals surface area contributed by atoms with E-state index in [1.165, 1.54) is 72.6 Å². The molecular formula is C92H125N19O23S2. The number of thioether (sulfide) groups is 1. The van der Waals surface area contributed by atoms with E-state index in [1.54, 1.807) is 56.5 Å². The second-order valence-electron chi connectivity index (χ2n) is 34.6. The van der Waals surface area contributed by atoms with Crippen LogP contribution < -0.4 is 65.1 Å². The number of nitrogens with two attached hydrogens (primary N) is 3. The van der Waals surface area contributed by atoms with Crippen LogP contribution >= 0.6 is 23.1 Å². The zero-order valence-electron chi connectivity index (χ0n) is 77.4. The van der Waals surface area contributed by atoms with E-state index in [9.17, 15) is 78.0 Å². The van der Waals surface area contributed by atoms with Crippen LogP contribution in [0.25, 0.3) is 21.0 Å². The Labute approximate surface area is 794 Å². The molecule has 3 aliphatic heterocycles. The van der Waals surface area contributed by atoms with Gasteiger partial charge in [-0.1, -0.05) is 108 Å². The van der Waals surface area contributed by atoms with E-state index in [-0.39, 0.29) is 75.3 Å². The lowest BCUT2D eigenvalue weighted by Crippen LogP contribution is -2.60. The molecule has 2 saturated heterocycles. The fraction of sp³-hybridized carbons (Fsp3) is 0.522. The summed E-state index contributed by atoms with van der Waals surface area (Å²) in [4.78, 5) is 287. The molecule has 0 spiro atoms. The molecule has 42 nitrogen and oxygen atoms in total. The number of H-pyrrole nitrogens is 1. The molecule has 0 saturated carbocycles. The number of likely N-dealkylation sites (N-methyl/N-ethyl adjacent to an activating group) is 3. The monoisotopic (exact) mass is 1930 g/mol. The number of aliphatic imine (C=N–C) groups is 1. The second-order valence-corrected chi connectivity index (χ2v) is 36.6. The predicted octanol–water partition coefficient (Wildman–Crippen LogP) is -0.442. The lowest BCUT2D eigenvalue weighted by Gasteiger charge is -2.36. The molecule has 20 N–H and O–H groups in total. The number of phenolic OH excluding ortho intramolecular Hbond substituents is 1. The van der Waals surface area contributed by atoms with E-state index >= 15 is 33.6 Å². The van der Waals surface area contributed by atoms with E-state index in [2.05, 4.69) is 57.8 Å². The van der Waals surface area contributed by atoms with Crippen LogP contribution in [0.4, 0.5) is 0 Å². The number of thiophene rings is 1. The Hall–Kier alpha value is -13.2. The zero-order chi connectivity index (χ0) is 99.9. The highest BCUT2D eigenvalue weighted by Crippen LogP contribution is 2.31. The molecule has 0 radical (unpaired) electrons. The Kier molecular flexibility index (Phi) is 41.4. The third-order valence-corrected chi connectivity index (χ3v) is 25.8. The summed E-state index contributed by atoms with van der Waals surface area (Å²) in [6.45, 7) is 4.25. The van der Waals surface area contributed by atoms with Gasteiger partial charge in [-0.05, 0) is 110 Å². The molecule has 8 rings (SSSR count). The highest BCUT2D eigenvalue weighted by molar-refractivity contribution is 8.00. The fourth-order valence-corrected chi connectivity index (χ4v) is 18.1. The van der Waals surface area contributed by atoms with E-state index in [4.69, 9.17) is 17.2 Å². The van der Waals surface area contributed by atoms with Gasteiger partial charge in [0.05, 0.1) is 30.9 Å². The number of para-hydroxylation sites is 1. The van der Waals surface area contributed by atoms with Gasteiger partial charge in [0.1, 0.15) is 85.3 Å². The van der Waals surface area contributed by atoms with Gasteiger partial charge in [0.2, 0.25) is 94.5 Å². The minimum atomic E-state index is -2.10. The average Bonchev–Trinajstić information content (AvgIpc) is 1.65. The number of aromatic amines is 1. The number of aromatic nitrogens is 1. The number of primary amides is 2. The second kappa shape index (κ2) is 52.0. The number of fused-ring (bicyclic) bond motifs is 3. The van der Waals surface area contributed by atoms with Gasteiger partial charge >= 0.3 is 11.9 Å². The van der Waals surface area contributed by atoms with Gasteiger partial charge in [-0.3, -0.25) is 96.1 Å². The molecule has 16 amide bonds. The maximum atomic E-state index is 15.8. The summed E-state index contributed by atoms with van der Waals surface area (Å²) in [6, 6.07) is 0.325. The van der Waals surface area contributed by atoms with Gasteiger partial charge in [-0.25, -0.2) is 0 Å². The Balaban J connectivity index is 1.21. The van der Waals surface area contributed by atoms with Gasteiger partial charge in [-0.2, -0.15) is 0 Å². The summed E-state index contributed by atoms with van der Waals surface area (Å²) in [7, 11) is 3.89. The molecule has 738 valence electrons. The Morgan fingerprint density at radius 1 is 0.596 bits per heavy atom. The molecule has 5 aromatic rings. The number of benzene rings is 3. The first-order valence-corrected chi connectivity index (χ1v) is 47.2. The van der Waals surface area contributed by atoms with E-state index in [0.29, 0.717) is 58.2 Å². The largest absolute Gasteiger partial charge is 0.508 e. The number of unbranched alkanes of at least 4 members (excludes halogenated alkanes) is 2. The van der Waals surface area contributed by atoms with Crippen molar-refractivity contribution in [2.75, 3.05) is 65.4 Å². The number of carbonyl (C=O) groups excluding carboxylic acids is 17. The third kappa shape index (κ3) is 31.4. The zero-order valence-corrected chi connectivity index (χ0v) is 79.0. The minimum absolute atomic E-state index is 0.0207. The number of carbonyl (C=O) groups is 19. The van der Waals surface area contributed by atoms with Gasteiger partial charge < -0.3 is 115 Å². The average molecular weight is 1930 g/mol. The number of aliphatic carboxylic acids is 2. The normalized spacial score (nSPS) is 24.2. The van der Waals surface area contributed by atoms with Crippen LogP contribution in [0.2, 0.25) is 0 Å². The number of carboxylic acid groups (broad SMARTS) is 2. The number of aliphatic hydroxyl groups excluding tert-OH is 1. The molecule has 0 bridgehead atoms. The number of ketones is 1. The summed E-state index contributed by atoms with van der Waals surface area (Å²) < 4.78 is 0.825. The molecule has 3 aromatic carbocycles. The molecule has 2 aromatic heterocycles. The summed E-state index contributed by atoms with van der Waals surface area (Å²) >= 11 is 2.12. The molecule has 44 heteroatoms. The first kappa shape index (κ1) is 108. The van der Waals surface area contributed by atoms with Gasteiger partial charge in [-0.15, -0.1) is 23.1 Å². The van der Waals surface area contributed by atoms with Crippen molar-refractivity contribution < 1.29 is 112 Å². The van der Waals surface area contributed by atoms with Crippen molar-refractivity contribution in [2.45, 2.75) is 229 Å². The maximum Gasteiger partial charge on any atom is 0.323 e. The van der Waals surface area contributed by atoms with Gasteiger partial charge in [0.25, 0.3) is 0 Å². The Morgan fingerprint density at radius 2 is 1.21 bits per heavy atom. The van der Waals surface area contributed by atoms with Crippen molar-refractivity contribution in [1.29, 1.82) is 0 Å². The lowest BCUT2D eigenvalue weighted by molar-refractivity contribution is -0.149. The number of Topliss-reactive ketones (excluding diaryl/α,β-unsaturated/α-hetero) is 1. The summed E-state index contributed by atoms with van der Waals surface area (Å²) in [5, 5.41) is 68.4. The van der Waals surface area contributed by atoms with Crippen LogP contribution in [0.3, 0.4) is 0 Å². The predicted molar refractivity (Wildman–Crippen MR) is 502 cm³/mol. The molecule has 136 heavy (non-hydrogen) atoms. The highest BCUT2D eigenvalue weighted by Gasteiger charge is 2.46. The maximum absolute atomic E-state index is 15.8. The number of hydrogen-bond donors (Lipinski definition) is 17. The Bertz CT molecular complexity index is 5240. The number of nitrogens with zero attached hydrogens (tertiary/aromatic N) is 6. The number of phenols is 1. The van der Waals surface area contributed by atoms with Crippen molar-refractivity contribution in [1.82, 2.24) is 77.3 Å². The van der Waals surface area contributed by atoms with Crippen LogP contribution in [0.1, 0.15) is 148 Å². The quantitative estimate of drug-likeness (QED) is 0.0302. The van der Waals surface area contributed by atoms with Crippen LogP contribution in [0.5, 0.6) is 5.75 Å². The number of rotatable bonds is 28. The molecule has 2 fully saturated rings. The van der Waals surface area contributed by atoms with Crippen molar-refractivity contribution in [3.63, 3.8) is 0 Å². The van der Waals surface area contributed by atoms with E-state index in [0.717, 1.165) is 38.7 Å². The molecular weight excluding hydrogens is 1800 g/mol. The summed E-state index contributed by atoms with van der Waals surface area (Å²) in [5.41, 5.74) is 19.6. The number of hydrogen-bond acceptors (Lipinski definition) is 25. The van der Waals surface area contributed by atoms with E-state index in [1.807, 2.05) is 37.4 Å². The smallest absolute Gasteiger partial charge is 0.323 e. The van der Waals surface area contributed by atoms with Crippen LogP contribution in [0.15, 0.2) is 101 Å². The van der Waals surface area contributed by atoms with Crippen LogP contribution in [-0.4, -0.2) is 312 Å². The highest BCUT2D eigenvalue weighted by atomic mass is 32.2. The number of aliphatic hydroxyl groups is 1. The number of allylic oxidation sites excluding steroid dienone is 1. The third-order valence-electron chi connectivity index (χ3n) is 23.7. The number of amides is 16. The molecule has 0 aliphatic carbocycles. The molecule has 0 unspecified atom stereocenters. The van der Waals surface area contributed by atoms with Crippen LogP contribution in [0, 0.1) is 11.8 Å². The van der Waals surface area contributed by atoms with Gasteiger partial charge in [0, 0.05) is 118 Å². The molecule has 14 atom stereocenters. The molecule has 3 aliphatic rings. The lowest BCUT2D eigenvalue weighted by atomic mass is 9.90. The number of nitrogens with one attached hydrogen (secondary N) is 10. The number of aromatic hydroxyl groups is 1. The van der Waals surface area contributed by atoms with Crippen LogP contribution in [-0.2, 0) is 110 Å². The fourth-order valence-electron chi connectivity index (χ4n) is 16.3. The van der Waals surface area contributed by atoms with Crippen molar-refractivity contribution in [3.8, 4) is 5.75 Å².